The molecule has 19 heteroatoms. The molecule has 5 aromatic rings. The van der Waals surface area contributed by atoms with Crippen LogP contribution in [0.3, 0.4) is 0 Å². The van der Waals surface area contributed by atoms with Crippen LogP contribution in [0.25, 0.3) is 27.6 Å². The second-order valence-electron chi connectivity index (χ2n) is 15.8. The maximum atomic E-state index is 15.0. The second-order valence-corrected chi connectivity index (χ2v) is 16.2. The largest absolute Gasteiger partial charge is 0.477 e. The van der Waals surface area contributed by atoms with Gasteiger partial charge in [0.05, 0.1) is 38.7 Å². The Bertz CT molecular complexity index is 2750. The molecule has 0 amide bonds. The number of pyridine rings is 3. The molecule has 1 spiro atoms. The van der Waals surface area contributed by atoms with Crippen molar-refractivity contribution in [2.75, 3.05) is 36.0 Å². The number of anilines is 2. The van der Waals surface area contributed by atoms with Crippen LogP contribution in [-0.4, -0.2) is 80.7 Å². The van der Waals surface area contributed by atoms with Gasteiger partial charge < -0.3 is 36.0 Å². The van der Waals surface area contributed by atoms with Crippen molar-refractivity contribution in [2.24, 2.45) is 28.7 Å². The fraction of sp³-hybridized carbons (Fsp3) is 0.359. The minimum absolute atomic E-state index is 0.00645. The van der Waals surface area contributed by atoms with Gasteiger partial charge in [0.25, 0.3) is 0 Å². The molecule has 2 saturated heterocycles. The standard InChI is InChI=1S/C20H15F3N4O3.C19H18ClF2N3O3/c21-8-1-2-15(13(22)3-8)27-7-12(20(29)30)17(28)9-4-14(23)19(25-18(9)27)26-5-10-11(6-26)16(10)24;20-14-15-8(17(26)9(18(27)28)5-25(15)12-4-10(12)21)3-11(22)16(14)24-6-13(23)19(7-24)1-2-19/h1-4,7,10-11,16H,5-6,24H2,(H,29,30);3,5,10,12-13H,1-2,4,6-7,23H2,(H,27,28)/t10-,11+,16?;10-,12+,13+/m.0/s1. The Labute approximate surface area is 328 Å². The molecule has 3 aliphatic carbocycles. The van der Waals surface area contributed by atoms with Gasteiger partial charge in [-0.2, -0.15) is 0 Å². The lowest BCUT2D eigenvalue weighted by Gasteiger charge is -2.23. The van der Waals surface area contributed by atoms with Gasteiger partial charge >= 0.3 is 11.9 Å². The number of nitrogens with zero attached hydrogens (tertiary/aromatic N) is 5. The smallest absolute Gasteiger partial charge is 0.341 e. The van der Waals surface area contributed by atoms with E-state index in [1.807, 2.05) is 0 Å². The summed E-state index contributed by atoms with van der Waals surface area (Å²) in [6, 6.07) is 4.00. The van der Waals surface area contributed by atoms with Gasteiger partial charge in [-0.25, -0.2) is 36.5 Å². The lowest BCUT2D eigenvalue weighted by atomic mass is 10.0. The summed E-state index contributed by atoms with van der Waals surface area (Å²) in [6.45, 7) is 2.02. The monoisotopic (exact) mass is 825 g/mol. The lowest BCUT2D eigenvalue weighted by Crippen LogP contribution is -2.30. The number of carbonyl (C=O) groups is 2. The summed E-state index contributed by atoms with van der Waals surface area (Å²) in [6.07, 6.45) is 3.02. The van der Waals surface area contributed by atoms with Crippen LogP contribution in [0.2, 0.25) is 5.02 Å². The molecule has 3 aromatic heterocycles. The van der Waals surface area contributed by atoms with Crippen molar-refractivity contribution in [3.63, 3.8) is 0 Å². The van der Waals surface area contributed by atoms with Crippen LogP contribution < -0.4 is 32.1 Å². The molecule has 6 atom stereocenters. The highest BCUT2D eigenvalue weighted by Crippen LogP contribution is 2.54. The zero-order valence-corrected chi connectivity index (χ0v) is 30.9. The van der Waals surface area contributed by atoms with Crippen LogP contribution in [0, 0.1) is 40.5 Å². The summed E-state index contributed by atoms with van der Waals surface area (Å²) >= 11 is 6.56. The van der Waals surface area contributed by atoms with Gasteiger partial charge in [-0.3, -0.25) is 14.2 Å². The first kappa shape index (κ1) is 38.0. The molecule has 5 fully saturated rings. The summed E-state index contributed by atoms with van der Waals surface area (Å²) in [4.78, 5) is 55.9. The number of alkyl halides is 1. The van der Waals surface area contributed by atoms with Gasteiger partial charge in [-0.1, -0.05) is 11.6 Å². The van der Waals surface area contributed by atoms with E-state index in [4.69, 9.17) is 23.1 Å². The van der Waals surface area contributed by atoms with Gasteiger partial charge in [0, 0.05) is 68.6 Å². The minimum atomic E-state index is -1.56. The van der Waals surface area contributed by atoms with Crippen LogP contribution in [-0.2, 0) is 0 Å². The average molecular weight is 826 g/mol. The summed E-state index contributed by atoms with van der Waals surface area (Å²) < 4.78 is 73.9. The van der Waals surface area contributed by atoms with Crippen molar-refractivity contribution in [1.82, 2.24) is 14.1 Å². The van der Waals surface area contributed by atoms with Gasteiger partial charge in [-0.05, 0) is 48.9 Å². The van der Waals surface area contributed by atoms with E-state index in [1.54, 1.807) is 9.80 Å². The highest BCUT2D eigenvalue weighted by molar-refractivity contribution is 6.38. The lowest BCUT2D eigenvalue weighted by molar-refractivity contribution is 0.0684. The summed E-state index contributed by atoms with van der Waals surface area (Å²) in [5.74, 6) is -5.86. The minimum Gasteiger partial charge on any atom is -0.477 e. The number of hydrogen-bond donors (Lipinski definition) is 4. The average Bonchev–Trinajstić information content (AvgIpc) is 4.11. The zero-order chi connectivity index (χ0) is 41.3. The third kappa shape index (κ3) is 5.98. The normalized spacial score (nSPS) is 24.9. The van der Waals surface area contributed by atoms with Gasteiger partial charge in [0.15, 0.2) is 17.3 Å². The molecule has 0 radical (unpaired) electrons. The van der Waals surface area contributed by atoms with E-state index in [2.05, 4.69) is 4.98 Å². The van der Waals surface area contributed by atoms with Gasteiger partial charge in [0.1, 0.15) is 34.8 Å². The quantitative estimate of drug-likeness (QED) is 0.175. The number of halogens is 6. The number of carboxylic acids is 2. The highest BCUT2D eigenvalue weighted by atomic mass is 35.5. The summed E-state index contributed by atoms with van der Waals surface area (Å²) in [7, 11) is 0. The number of fused-ring (bicyclic) bond motifs is 3. The maximum Gasteiger partial charge on any atom is 0.341 e. The fourth-order valence-corrected chi connectivity index (χ4v) is 9.03. The van der Waals surface area contributed by atoms with Crippen molar-refractivity contribution in [3.05, 3.63) is 103 Å². The topological polar surface area (TPSA) is 190 Å². The maximum absolute atomic E-state index is 15.0. The number of rotatable bonds is 6. The number of benzene rings is 2. The van der Waals surface area contributed by atoms with Crippen molar-refractivity contribution in [3.8, 4) is 5.69 Å². The molecule has 302 valence electrons. The molecule has 10 rings (SSSR count). The number of aromatic nitrogens is 3. The Kier molecular flexibility index (Phi) is 8.65. The number of hydrogen-bond acceptors (Lipinski definition) is 9. The fourth-order valence-electron chi connectivity index (χ4n) is 8.62. The Balaban J connectivity index is 0.000000151. The molecular weight excluding hydrogens is 793 g/mol. The molecule has 13 nitrogen and oxygen atoms in total. The van der Waals surface area contributed by atoms with Crippen molar-refractivity contribution < 1.29 is 41.8 Å². The van der Waals surface area contributed by atoms with Crippen molar-refractivity contribution in [1.29, 1.82) is 0 Å². The Morgan fingerprint density at radius 2 is 1.47 bits per heavy atom. The highest BCUT2D eigenvalue weighted by Gasteiger charge is 2.55. The van der Waals surface area contributed by atoms with E-state index in [0.29, 0.717) is 32.2 Å². The number of aromatic carboxylic acids is 2. The third-order valence-electron chi connectivity index (χ3n) is 12.2. The zero-order valence-electron chi connectivity index (χ0n) is 30.1. The van der Waals surface area contributed by atoms with E-state index >= 15 is 4.39 Å². The number of piperidine rings is 1. The number of carboxylic acid groups (broad SMARTS) is 2. The van der Waals surface area contributed by atoms with Gasteiger partial charge in [0.2, 0.25) is 10.9 Å². The Morgan fingerprint density at radius 3 is 2.05 bits per heavy atom. The van der Waals surface area contributed by atoms with E-state index < -0.39 is 69.4 Å². The van der Waals surface area contributed by atoms with Crippen LogP contribution in [0.15, 0.2) is 52.3 Å². The Hall–Kier alpha value is -5.59. The number of nitrogens with two attached hydrogens (primary N) is 2. The van der Waals surface area contributed by atoms with Crippen LogP contribution in [0.5, 0.6) is 0 Å². The molecular formula is C39H33ClF5N7O6. The molecule has 1 unspecified atom stereocenters. The molecule has 2 aliphatic heterocycles. The predicted octanol–water partition coefficient (Wildman–Crippen LogP) is 4.60. The van der Waals surface area contributed by atoms with Crippen molar-refractivity contribution >= 4 is 57.0 Å². The molecule has 58 heavy (non-hydrogen) atoms. The predicted molar refractivity (Wildman–Crippen MR) is 202 cm³/mol. The van der Waals surface area contributed by atoms with E-state index in [1.165, 1.54) is 4.57 Å². The van der Waals surface area contributed by atoms with E-state index in [-0.39, 0.29) is 79.9 Å². The first-order valence-electron chi connectivity index (χ1n) is 18.4. The van der Waals surface area contributed by atoms with E-state index in [9.17, 15) is 47.0 Å². The molecule has 5 heterocycles. The van der Waals surface area contributed by atoms with Crippen LogP contribution >= 0.6 is 11.6 Å². The summed E-state index contributed by atoms with van der Waals surface area (Å²) in [5, 5.41) is 18.2. The SMILES string of the molecule is NC1[C@H]2CN(c3nc4c(cc3F)c(=O)c(C(=O)O)cn4-c3ccc(F)cc3F)C[C@@H]12.N[C@@H]1CN(c2c(F)cc3c(=O)c(C(=O)O)cn([C@@H]4C[C@@H]4F)c3c2Cl)CC12CC2. The van der Waals surface area contributed by atoms with Crippen LogP contribution in [0.1, 0.15) is 46.0 Å². The molecule has 2 aromatic carbocycles. The first-order valence-corrected chi connectivity index (χ1v) is 18.8. The van der Waals surface area contributed by atoms with Crippen LogP contribution in [0.4, 0.5) is 33.5 Å². The van der Waals surface area contributed by atoms with Crippen molar-refractivity contribution in [2.45, 2.75) is 43.6 Å². The molecule has 5 aliphatic rings. The molecule has 3 saturated carbocycles. The first-order chi connectivity index (χ1) is 27.5. The molecule has 0 bridgehead atoms. The van der Waals surface area contributed by atoms with Gasteiger partial charge in [-0.15, -0.1) is 0 Å². The Morgan fingerprint density at radius 1 is 0.845 bits per heavy atom. The summed E-state index contributed by atoms with van der Waals surface area (Å²) in [5.41, 5.74) is 9.09. The molecule has 6 N–H and O–H groups in total. The second kappa shape index (κ2) is 13.2. The third-order valence-corrected chi connectivity index (χ3v) is 12.6. The van der Waals surface area contributed by atoms with E-state index in [0.717, 1.165) is 54.1 Å².